The Balaban J connectivity index is 1.36. The van der Waals surface area contributed by atoms with Crippen molar-refractivity contribution in [3.05, 3.63) is 35.1 Å². The van der Waals surface area contributed by atoms with Crippen LogP contribution in [0, 0.1) is 5.82 Å². The summed E-state index contributed by atoms with van der Waals surface area (Å²) in [5.74, 6) is -0.751. The number of carbonyl (C=O) groups excluding carboxylic acids is 1. The minimum absolute atomic E-state index is 0.0852. The third-order valence-corrected chi connectivity index (χ3v) is 5.29. The normalized spacial score (nSPS) is 28.2. The number of nitrogens with zero attached hydrogens (tertiary/aromatic N) is 1. The van der Waals surface area contributed by atoms with E-state index in [1.54, 1.807) is 11.0 Å². The lowest BCUT2D eigenvalue weighted by molar-refractivity contribution is -0.189. The molecule has 5 nitrogen and oxygen atoms in total. The number of likely N-dealkylation sites (tertiary alicyclic amines) is 1. The van der Waals surface area contributed by atoms with Crippen LogP contribution in [0.25, 0.3) is 0 Å². The highest BCUT2D eigenvalue weighted by Gasteiger charge is 2.43. The molecule has 2 atom stereocenters. The second kappa shape index (κ2) is 6.01. The Hall–Kier alpha value is -1.66. The van der Waals surface area contributed by atoms with Crippen LogP contribution >= 0.6 is 0 Å². The number of amides is 2. The van der Waals surface area contributed by atoms with Crippen molar-refractivity contribution < 1.29 is 18.7 Å². The number of urea groups is 1. The minimum Gasteiger partial charge on any atom is -0.347 e. The van der Waals surface area contributed by atoms with Crippen molar-refractivity contribution >= 4 is 6.03 Å². The fourth-order valence-corrected chi connectivity index (χ4v) is 3.98. The number of fused-ring (bicyclic) bond motifs is 1. The van der Waals surface area contributed by atoms with Gasteiger partial charge in [0.1, 0.15) is 5.82 Å². The van der Waals surface area contributed by atoms with Gasteiger partial charge in [0.2, 0.25) is 0 Å². The molecule has 2 heterocycles. The summed E-state index contributed by atoms with van der Waals surface area (Å²) >= 11 is 0. The highest BCUT2D eigenvalue weighted by Crippen LogP contribution is 2.35. The summed E-state index contributed by atoms with van der Waals surface area (Å²) in [5.41, 5.74) is 2.04. The first-order valence-corrected chi connectivity index (χ1v) is 8.70. The van der Waals surface area contributed by atoms with Crippen molar-refractivity contribution in [2.24, 2.45) is 0 Å². The molecule has 2 saturated heterocycles. The molecule has 130 valence electrons. The molecule has 4 rings (SSSR count). The Kier molecular flexibility index (Phi) is 3.96. The lowest BCUT2D eigenvalue weighted by atomic mass is 10.0. The molecule has 3 aliphatic rings. The number of hydrogen-bond donors (Lipinski definition) is 1. The third-order valence-electron chi connectivity index (χ3n) is 5.29. The van der Waals surface area contributed by atoms with E-state index < -0.39 is 5.79 Å². The maximum atomic E-state index is 13.5. The smallest absolute Gasteiger partial charge is 0.317 e. The number of piperidine rings is 1. The second-order valence-electron chi connectivity index (χ2n) is 7.02. The third kappa shape index (κ3) is 2.89. The predicted molar refractivity (Wildman–Crippen MR) is 86.0 cm³/mol. The summed E-state index contributed by atoms with van der Waals surface area (Å²) in [6.45, 7) is 3.85. The van der Waals surface area contributed by atoms with E-state index in [0.29, 0.717) is 32.5 Å². The number of benzene rings is 1. The first-order chi connectivity index (χ1) is 11.5. The lowest BCUT2D eigenvalue weighted by Gasteiger charge is -2.38. The van der Waals surface area contributed by atoms with Crippen LogP contribution in [0.3, 0.4) is 0 Å². The van der Waals surface area contributed by atoms with Gasteiger partial charge in [0.25, 0.3) is 0 Å². The van der Waals surface area contributed by atoms with E-state index in [1.165, 1.54) is 6.07 Å². The van der Waals surface area contributed by atoms with Gasteiger partial charge in [-0.2, -0.15) is 0 Å². The summed E-state index contributed by atoms with van der Waals surface area (Å²) in [4.78, 5) is 14.4. The first-order valence-electron chi connectivity index (χ1n) is 8.70. The molecule has 6 heteroatoms. The average Bonchev–Trinajstić information content (AvgIpc) is 3.12. The molecular formula is C18H23FN2O3. The quantitative estimate of drug-likeness (QED) is 0.859. The second-order valence-corrected chi connectivity index (χ2v) is 7.02. The van der Waals surface area contributed by atoms with Crippen molar-refractivity contribution in [1.29, 1.82) is 0 Å². The summed E-state index contributed by atoms with van der Waals surface area (Å²) in [6, 6.07) is 4.66. The van der Waals surface area contributed by atoms with Crippen molar-refractivity contribution in [1.82, 2.24) is 10.2 Å². The first kappa shape index (κ1) is 15.8. The zero-order chi connectivity index (χ0) is 16.7. The van der Waals surface area contributed by atoms with E-state index in [0.717, 1.165) is 24.0 Å². The Morgan fingerprint density at radius 1 is 1.38 bits per heavy atom. The van der Waals surface area contributed by atoms with Gasteiger partial charge in [0.05, 0.1) is 18.8 Å². The van der Waals surface area contributed by atoms with Gasteiger partial charge < -0.3 is 19.7 Å². The van der Waals surface area contributed by atoms with Crippen molar-refractivity contribution in [2.45, 2.75) is 50.5 Å². The zero-order valence-electron chi connectivity index (χ0n) is 13.9. The minimum atomic E-state index is -0.501. The van der Waals surface area contributed by atoms with E-state index >= 15 is 0 Å². The Morgan fingerprint density at radius 2 is 2.17 bits per heavy atom. The van der Waals surface area contributed by atoms with Crippen molar-refractivity contribution in [2.75, 3.05) is 19.7 Å². The molecule has 1 N–H and O–H groups in total. The summed E-state index contributed by atoms with van der Waals surface area (Å²) in [6.07, 6.45) is 3.21. The molecule has 1 aromatic carbocycles. The molecule has 0 radical (unpaired) electrons. The van der Waals surface area contributed by atoms with E-state index in [4.69, 9.17) is 9.47 Å². The largest absolute Gasteiger partial charge is 0.347 e. The number of ether oxygens (including phenoxy) is 2. The molecular weight excluding hydrogens is 311 g/mol. The lowest BCUT2D eigenvalue weighted by Crippen LogP contribution is -2.50. The monoisotopic (exact) mass is 334 g/mol. The van der Waals surface area contributed by atoms with E-state index in [1.807, 2.05) is 13.0 Å². The van der Waals surface area contributed by atoms with Gasteiger partial charge in [0.15, 0.2) is 5.79 Å². The van der Waals surface area contributed by atoms with Gasteiger partial charge in [-0.1, -0.05) is 6.07 Å². The predicted octanol–water partition coefficient (Wildman–Crippen LogP) is 2.75. The zero-order valence-corrected chi connectivity index (χ0v) is 13.9. The highest BCUT2D eigenvalue weighted by molar-refractivity contribution is 5.75. The maximum absolute atomic E-state index is 13.5. The van der Waals surface area contributed by atoms with Gasteiger partial charge in [-0.15, -0.1) is 0 Å². The van der Waals surface area contributed by atoms with Gasteiger partial charge in [-0.25, -0.2) is 9.18 Å². The molecule has 2 fully saturated rings. The van der Waals surface area contributed by atoms with E-state index in [-0.39, 0.29) is 24.0 Å². The molecule has 1 aromatic rings. The van der Waals surface area contributed by atoms with Crippen LogP contribution in [0.1, 0.15) is 43.4 Å². The summed E-state index contributed by atoms with van der Waals surface area (Å²) in [5, 5.41) is 3.06. The molecule has 2 amide bonds. The van der Waals surface area contributed by atoms with Gasteiger partial charge in [-0.3, -0.25) is 0 Å². The number of aryl methyl sites for hydroxylation is 1. The molecule has 2 aliphatic heterocycles. The summed E-state index contributed by atoms with van der Waals surface area (Å²) in [7, 11) is 0. The van der Waals surface area contributed by atoms with Crippen LogP contribution in [0.15, 0.2) is 18.2 Å². The van der Waals surface area contributed by atoms with Gasteiger partial charge in [-0.05, 0) is 43.0 Å². The number of carbonyl (C=O) groups is 1. The molecule has 0 unspecified atom stereocenters. The Bertz CT molecular complexity index is 643. The number of rotatable bonds is 1. The fraction of sp³-hybridized carbons (Fsp3) is 0.611. The van der Waals surface area contributed by atoms with Crippen LogP contribution in [0.4, 0.5) is 9.18 Å². The standard InChI is InChI=1S/C18H23FN2O3/c1-12-11-23-18(24-12)6-8-21(9-7-18)17(22)20-16-5-3-13-2-4-14(19)10-15(13)16/h2,4,10,12,16H,3,5-9,11H2,1H3,(H,20,22)/t12-,16+/m0/s1. The molecule has 0 aromatic heterocycles. The fourth-order valence-electron chi connectivity index (χ4n) is 3.98. The SMILES string of the molecule is C[C@H]1COC2(CCN(C(=O)N[C@@H]3CCc4ccc(F)cc43)CC2)O1. The number of nitrogens with one attached hydrogen (secondary N) is 1. The van der Waals surface area contributed by atoms with Crippen LogP contribution in [-0.2, 0) is 15.9 Å². The maximum Gasteiger partial charge on any atom is 0.317 e. The van der Waals surface area contributed by atoms with E-state index in [2.05, 4.69) is 5.32 Å². The number of halogens is 1. The Labute approximate surface area is 141 Å². The van der Waals surface area contributed by atoms with Crippen LogP contribution in [0.2, 0.25) is 0 Å². The molecule has 0 saturated carbocycles. The van der Waals surface area contributed by atoms with Crippen LogP contribution < -0.4 is 5.32 Å². The molecule has 1 aliphatic carbocycles. The van der Waals surface area contributed by atoms with Crippen molar-refractivity contribution in [3.8, 4) is 0 Å². The van der Waals surface area contributed by atoms with Crippen LogP contribution in [-0.4, -0.2) is 42.5 Å². The van der Waals surface area contributed by atoms with Gasteiger partial charge in [0, 0.05) is 25.9 Å². The summed E-state index contributed by atoms with van der Waals surface area (Å²) < 4.78 is 25.2. The number of hydrogen-bond acceptors (Lipinski definition) is 3. The van der Waals surface area contributed by atoms with Gasteiger partial charge >= 0.3 is 6.03 Å². The van der Waals surface area contributed by atoms with Crippen molar-refractivity contribution in [3.63, 3.8) is 0 Å². The van der Waals surface area contributed by atoms with Crippen LogP contribution in [0.5, 0.6) is 0 Å². The Morgan fingerprint density at radius 3 is 2.88 bits per heavy atom. The molecule has 24 heavy (non-hydrogen) atoms. The van der Waals surface area contributed by atoms with E-state index in [9.17, 15) is 9.18 Å². The molecule has 1 spiro atoms. The highest BCUT2D eigenvalue weighted by atomic mass is 19.1. The average molecular weight is 334 g/mol. The topological polar surface area (TPSA) is 50.8 Å². The molecule has 0 bridgehead atoms.